The second kappa shape index (κ2) is 9.07. The first-order chi connectivity index (χ1) is 14.8. The number of nitrogens with zero attached hydrogens (tertiary/aromatic N) is 1. The lowest BCUT2D eigenvalue weighted by Gasteiger charge is -2.48. The van der Waals surface area contributed by atoms with Crippen molar-refractivity contribution in [2.75, 3.05) is 11.4 Å². The molecule has 1 atom stereocenters. The molecule has 31 heavy (non-hydrogen) atoms. The maximum atomic E-state index is 12.1. The largest absolute Gasteiger partial charge is 0.481 e. The van der Waals surface area contributed by atoms with Gasteiger partial charge in [0.25, 0.3) is 0 Å². The zero-order chi connectivity index (χ0) is 22.2. The Bertz CT molecular complexity index is 958. The number of carboxylic acids is 1. The van der Waals surface area contributed by atoms with E-state index in [0.29, 0.717) is 13.0 Å². The Labute approximate surface area is 200 Å². The quantitative estimate of drug-likeness (QED) is 0.423. The second-order valence-electron chi connectivity index (χ2n) is 8.85. The van der Waals surface area contributed by atoms with E-state index >= 15 is 0 Å². The van der Waals surface area contributed by atoms with Crippen LogP contribution in [0.25, 0.3) is 0 Å². The number of hydrogen-bond acceptors (Lipinski definition) is 3. The third kappa shape index (κ3) is 4.34. The highest BCUT2D eigenvalue weighted by molar-refractivity contribution is 9.10. The molecule has 0 radical (unpaired) electrons. The summed E-state index contributed by atoms with van der Waals surface area (Å²) < 4.78 is 2.09. The molecule has 0 aromatic heterocycles. The van der Waals surface area contributed by atoms with Crippen molar-refractivity contribution in [3.05, 3.63) is 56.5 Å². The molecular weight excluding hydrogens is 522 g/mol. The summed E-state index contributed by atoms with van der Waals surface area (Å²) in [5, 5.41) is 9.89. The predicted molar refractivity (Wildman–Crippen MR) is 130 cm³/mol. The number of carboxylic acid groups (broad SMARTS) is 1. The highest BCUT2D eigenvalue weighted by Crippen LogP contribution is 2.56. The van der Waals surface area contributed by atoms with Crippen LogP contribution in [0.3, 0.4) is 0 Å². The van der Waals surface area contributed by atoms with E-state index in [0.717, 1.165) is 33.2 Å². The van der Waals surface area contributed by atoms with Gasteiger partial charge in [-0.05, 0) is 73.7 Å². The highest BCUT2D eigenvalue weighted by atomic mass is 79.9. The summed E-state index contributed by atoms with van der Waals surface area (Å²) in [5.74, 6) is -1.44. The van der Waals surface area contributed by atoms with Gasteiger partial charge in [0.1, 0.15) is 5.78 Å². The Hall–Kier alpha value is -1.66. The summed E-state index contributed by atoms with van der Waals surface area (Å²) in [6.07, 6.45) is 6.47. The van der Waals surface area contributed by atoms with Crippen LogP contribution in [0.15, 0.2) is 45.3 Å². The van der Waals surface area contributed by atoms with E-state index in [1.807, 2.05) is 12.1 Å². The molecule has 0 amide bonds. The first-order valence-corrected chi connectivity index (χ1v) is 12.5. The normalized spacial score (nSPS) is 17.7. The zero-order valence-electron chi connectivity index (χ0n) is 17.7. The molecule has 1 fully saturated rings. The minimum atomic E-state index is -0.850. The average molecular weight is 549 g/mol. The molecule has 2 aliphatic rings. The van der Waals surface area contributed by atoms with Crippen molar-refractivity contribution in [2.45, 2.75) is 57.3 Å². The molecule has 164 valence electrons. The van der Waals surface area contributed by atoms with Gasteiger partial charge in [0.05, 0.1) is 5.92 Å². The number of aliphatic carboxylic acids is 1. The van der Waals surface area contributed by atoms with Crippen LogP contribution in [0.2, 0.25) is 0 Å². The first kappa shape index (κ1) is 22.5. The van der Waals surface area contributed by atoms with E-state index in [1.54, 1.807) is 0 Å². The lowest BCUT2D eigenvalue weighted by molar-refractivity contribution is -0.141. The lowest BCUT2D eigenvalue weighted by atomic mass is 9.62. The van der Waals surface area contributed by atoms with Gasteiger partial charge in [-0.1, -0.05) is 51.1 Å². The van der Waals surface area contributed by atoms with Crippen molar-refractivity contribution in [2.24, 2.45) is 5.92 Å². The molecule has 4 nitrogen and oxygen atoms in total. The Balaban J connectivity index is 1.85. The van der Waals surface area contributed by atoms with Gasteiger partial charge in [0.15, 0.2) is 0 Å². The van der Waals surface area contributed by atoms with E-state index in [4.69, 9.17) is 0 Å². The standard InChI is InChI=1S/C25H27Br2NO3/c1-16(29)5-6-17(24(30)31)15-28-22-9-7-18(26)13-20(22)25(11-3-2-4-12-25)21-14-19(27)8-10-23(21)28/h7-10,13-14,17H,2-6,11-12,15H2,1H3,(H,30,31). The minimum absolute atomic E-state index is 0.0275. The molecule has 1 heterocycles. The van der Waals surface area contributed by atoms with Crippen molar-refractivity contribution < 1.29 is 14.7 Å². The summed E-state index contributed by atoms with van der Waals surface area (Å²) in [6.45, 7) is 1.87. The summed E-state index contributed by atoms with van der Waals surface area (Å²) >= 11 is 7.34. The van der Waals surface area contributed by atoms with E-state index in [-0.39, 0.29) is 17.6 Å². The van der Waals surface area contributed by atoms with Crippen LogP contribution in [0.1, 0.15) is 63.0 Å². The van der Waals surface area contributed by atoms with Crippen LogP contribution in [-0.2, 0) is 15.0 Å². The number of halogens is 2. The Kier molecular flexibility index (Phi) is 6.59. The fourth-order valence-electron chi connectivity index (χ4n) is 5.31. The van der Waals surface area contributed by atoms with Crippen LogP contribution >= 0.6 is 31.9 Å². The molecular formula is C25H27Br2NO3. The summed E-state index contributed by atoms with van der Waals surface area (Å²) in [6, 6.07) is 12.8. The second-order valence-corrected chi connectivity index (χ2v) is 10.7. The molecule has 1 aliphatic heterocycles. The molecule has 1 aliphatic carbocycles. The van der Waals surface area contributed by atoms with Crippen molar-refractivity contribution >= 4 is 55.0 Å². The van der Waals surface area contributed by atoms with E-state index in [1.165, 1.54) is 37.3 Å². The van der Waals surface area contributed by atoms with Gasteiger partial charge < -0.3 is 14.8 Å². The van der Waals surface area contributed by atoms with Gasteiger partial charge in [0, 0.05) is 38.7 Å². The Morgan fingerprint density at radius 3 is 2.03 bits per heavy atom. The molecule has 0 saturated heterocycles. The van der Waals surface area contributed by atoms with Crippen molar-refractivity contribution in [3.63, 3.8) is 0 Å². The Morgan fingerprint density at radius 2 is 1.55 bits per heavy atom. The summed E-state index contributed by atoms with van der Waals surface area (Å²) in [4.78, 5) is 25.7. The molecule has 4 rings (SSSR count). The maximum absolute atomic E-state index is 12.1. The van der Waals surface area contributed by atoms with Crippen molar-refractivity contribution in [1.82, 2.24) is 0 Å². The number of carbonyl (C=O) groups excluding carboxylic acids is 1. The van der Waals surface area contributed by atoms with E-state index in [2.05, 4.69) is 61.0 Å². The topological polar surface area (TPSA) is 57.6 Å². The summed E-state index contributed by atoms with van der Waals surface area (Å²) in [7, 11) is 0. The maximum Gasteiger partial charge on any atom is 0.308 e. The first-order valence-electron chi connectivity index (χ1n) is 10.9. The average Bonchev–Trinajstić information content (AvgIpc) is 2.74. The van der Waals surface area contributed by atoms with Gasteiger partial charge >= 0.3 is 5.97 Å². The number of Topliss-reactive ketones (excluding diaryl/α,β-unsaturated/α-hetero) is 1. The molecule has 2 aromatic carbocycles. The van der Waals surface area contributed by atoms with Crippen LogP contribution in [0.5, 0.6) is 0 Å². The van der Waals surface area contributed by atoms with Gasteiger partial charge in [-0.2, -0.15) is 0 Å². The van der Waals surface area contributed by atoms with Crippen molar-refractivity contribution in [3.8, 4) is 0 Å². The number of rotatable bonds is 6. The molecule has 2 aromatic rings. The van der Waals surface area contributed by atoms with Gasteiger partial charge in [-0.3, -0.25) is 4.79 Å². The SMILES string of the molecule is CC(=O)CCC(CN1c2ccc(Br)cc2C2(CCCCC2)c2cc(Br)ccc21)C(=O)O. The van der Waals surface area contributed by atoms with Crippen LogP contribution < -0.4 is 4.90 Å². The molecule has 0 bridgehead atoms. The van der Waals surface area contributed by atoms with Gasteiger partial charge in [-0.15, -0.1) is 0 Å². The number of carbonyl (C=O) groups is 2. The van der Waals surface area contributed by atoms with Crippen molar-refractivity contribution in [1.29, 1.82) is 0 Å². The zero-order valence-corrected chi connectivity index (χ0v) is 20.8. The number of hydrogen-bond donors (Lipinski definition) is 1. The summed E-state index contributed by atoms with van der Waals surface area (Å²) in [5.41, 5.74) is 4.69. The Morgan fingerprint density at radius 1 is 1.00 bits per heavy atom. The van der Waals surface area contributed by atoms with Gasteiger partial charge in [0.2, 0.25) is 0 Å². The third-order valence-corrected chi connectivity index (χ3v) is 7.82. The van der Waals surface area contributed by atoms with Crippen LogP contribution in [-0.4, -0.2) is 23.4 Å². The molecule has 1 N–H and O–H groups in total. The highest BCUT2D eigenvalue weighted by Gasteiger charge is 2.44. The van der Waals surface area contributed by atoms with Crippen LogP contribution in [0.4, 0.5) is 11.4 Å². The van der Waals surface area contributed by atoms with E-state index < -0.39 is 11.9 Å². The lowest BCUT2D eigenvalue weighted by Crippen LogP contribution is -2.41. The van der Waals surface area contributed by atoms with E-state index in [9.17, 15) is 14.7 Å². The number of anilines is 2. The third-order valence-electron chi connectivity index (χ3n) is 6.83. The molecule has 1 unspecified atom stereocenters. The van der Waals surface area contributed by atoms with Gasteiger partial charge in [-0.25, -0.2) is 0 Å². The van der Waals surface area contributed by atoms with Crippen LogP contribution in [0, 0.1) is 5.92 Å². The molecule has 1 spiro atoms. The molecule has 6 heteroatoms. The minimum Gasteiger partial charge on any atom is -0.481 e. The fraction of sp³-hybridized carbons (Fsp3) is 0.440. The monoisotopic (exact) mass is 547 g/mol. The number of benzene rings is 2. The molecule has 1 saturated carbocycles. The predicted octanol–water partition coefficient (Wildman–Crippen LogP) is 6.98. The fourth-order valence-corrected chi connectivity index (χ4v) is 6.03. The number of ketones is 1. The number of fused-ring (bicyclic) bond motifs is 4. The smallest absolute Gasteiger partial charge is 0.308 e.